The van der Waals surface area contributed by atoms with Gasteiger partial charge in [-0.2, -0.15) is 0 Å². The highest BCUT2D eigenvalue weighted by Gasteiger charge is 2.38. The molecule has 3 aliphatic heterocycles. The number of hydrogen-bond acceptors (Lipinski definition) is 10. The summed E-state index contributed by atoms with van der Waals surface area (Å²) in [5.41, 5.74) is 3.87. The number of aromatic nitrogens is 4. The number of aromatic amines is 2. The van der Waals surface area contributed by atoms with Crippen molar-refractivity contribution in [1.82, 2.24) is 40.4 Å². The second-order valence-electron chi connectivity index (χ2n) is 14.3. The van der Waals surface area contributed by atoms with Crippen LogP contribution in [0, 0.1) is 0 Å². The topological polar surface area (TPSA) is 198 Å². The van der Waals surface area contributed by atoms with E-state index in [1.165, 1.54) is 14.2 Å². The molecule has 300 valence electrons. The van der Waals surface area contributed by atoms with Gasteiger partial charge < -0.3 is 49.7 Å². The number of alkyl carbamates (subject to hydrolysis) is 2. The van der Waals surface area contributed by atoms with Gasteiger partial charge in [0.1, 0.15) is 24.5 Å². The van der Waals surface area contributed by atoms with E-state index in [1.807, 2.05) is 54.3 Å². The average molecular weight is 781 g/mol. The Morgan fingerprint density at radius 2 is 1.49 bits per heavy atom. The molecule has 4 unspecified atom stereocenters. The first kappa shape index (κ1) is 38.9. The third-order valence-corrected chi connectivity index (χ3v) is 10.9. The highest BCUT2D eigenvalue weighted by atomic mass is 16.5. The van der Waals surface area contributed by atoms with Gasteiger partial charge in [0.2, 0.25) is 17.8 Å². The Bertz CT molecular complexity index is 2070. The number of carbonyl (C=O) groups is 5. The number of imidazole rings is 2. The van der Waals surface area contributed by atoms with Crippen LogP contribution in [0.3, 0.4) is 0 Å². The fourth-order valence-electron chi connectivity index (χ4n) is 7.94. The maximum atomic E-state index is 13.9. The largest absolute Gasteiger partial charge is 0.453 e. The van der Waals surface area contributed by atoms with Crippen molar-refractivity contribution >= 4 is 41.5 Å². The highest BCUT2D eigenvalue weighted by molar-refractivity contribution is 5.97. The number of hydrogen-bond donors (Lipinski definition) is 4. The number of anilines is 2. The van der Waals surface area contributed by atoms with Gasteiger partial charge in [0.05, 0.1) is 50.1 Å². The SMILES string of the molecule is CCC(NC(=O)OC)C(=O)N1CCCC1c1cnc(N2CCN(c3ccc(-c4cnc(C5CCCN5C(=O)C(NC(=O)OC)c5ccccc5)[nH]4)cc3)C(=O)C2)[nH]1. The minimum Gasteiger partial charge on any atom is -0.453 e. The van der Waals surface area contributed by atoms with Crippen molar-refractivity contribution in [2.75, 3.05) is 56.7 Å². The van der Waals surface area contributed by atoms with Crippen LogP contribution in [-0.4, -0.2) is 113 Å². The first-order chi connectivity index (χ1) is 27.7. The predicted molar refractivity (Wildman–Crippen MR) is 209 cm³/mol. The van der Waals surface area contributed by atoms with Crippen molar-refractivity contribution in [1.29, 1.82) is 0 Å². The van der Waals surface area contributed by atoms with Crippen molar-refractivity contribution in [3.05, 3.63) is 84.1 Å². The number of methoxy groups -OCH3 is 2. The number of nitrogens with zero attached hydrogens (tertiary/aromatic N) is 6. The summed E-state index contributed by atoms with van der Waals surface area (Å²) in [5.74, 6) is 0.748. The summed E-state index contributed by atoms with van der Waals surface area (Å²) in [6, 6.07) is 14.7. The van der Waals surface area contributed by atoms with E-state index >= 15 is 0 Å². The standard InChI is InChI=1S/C40H48N10O7/c1-4-28(45-39(54)56-2)36(52)49-18-8-12-31(49)30-23-42-38(44-30)47-20-21-48(33(51)24-47)27-16-14-25(15-17-27)29-22-41-35(43-29)32-13-9-19-50(32)37(53)34(46-40(55)57-3)26-10-6-5-7-11-26/h5-7,10-11,14-17,22-23,28,31-32,34H,4,8-9,12-13,18-21,24H2,1-3H3,(H,41,43)(H,42,44)(H,45,54)(H,46,55). The summed E-state index contributed by atoms with van der Waals surface area (Å²) >= 11 is 0. The van der Waals surface area contributed by atoms with Crippen molar-refractivity contribution in [2.45, 2.75) is 63.2 Å². The molecule has 0 spiro atoms. The average Bonchev–Trinajstić information content (AvgIpc) is 4.09. The molecule has 0 radical (unpaired) electrons. The van der Waals surface area contributed by atoms with Gasteiger partial charge in [-0.3, -0.25) is 14.4 Å². The molecule has 57 heavy (non-hydrogen) atoms. The molecule has 4 atom stereocenters. The first-order valence-corrected chi connectivity index (χ1v) is 19.3. The number of likely N-dealkylation sites (tertiary alicyclic amines) is 2. The van der Waals surface area contributed by atoms with Gasteiger partial charge in [0.15, 0.2) is 0 Å². The molecule has 0 aliphatic carbocycles. The fraction of sp³-hybridized carbons (Fsp3) is 0.425. The summed E-state index contributed by atoms with van der Waals surface area (Å²) in [6.45, 7) is 4.07. The van der Waals surface area contributed by atoms with E-state index in [9.17, 15) is 24.0 Å². The maximum absolute atomic E-state index is 13.9. The minimum absolute atomic E-state index is 0.0744. The summed E-state index contributed by atoms with van der Waals surface area (Å²) in [5, 5.41) is 5.32. The smallest absolute Gasteiger partial charge is 0.407 e. The molecule has 3 saturated heterocycles. The lowest BCUT2D eigenvalue weighted by atomic mass is 10.1. The Morgan fingerprint density at radius 3 is 2.18 bits per heavy atom. The Labute approximate surface area is 330 Å². The third-order valence-electron chi connectivity index (χ3n) is 10.9. The number of rotatable bonds is 11. The van der Waals surface area contributed by atoms with Crippen molar-refractivity contribution in [3.8, 4) is 11.3 Å². The number of benzene rings is 2. The van der Waals surface area contributed by atoms with E-state index in [1.54, 1.807) is 39.2 Å². The van der Waals surface area contributed by atoms with Gasteiger partial charge in [-0.1, -0.05) is 49.4 Å². The lowest BCUT2D eigenvalue weighted by Crippen LogP contribution is -2.51. The summed E-state index contributed by atoms with van der Waals surface area (Å²) in [4.78, 5) is 87.9. The van der Waals surface area contributed by atoms with Crippen LogP contribution in [0.15, 0.2) is 67.0 Å². The Morgan fingerprint density at radius 1 is 0.807 bits per heavy atom. The summed E-state index contributed by atoms with van der Waals surface area (Å²) in [6.07, 6.45) is 5.67. The third kappa shape index (κ3) is 8.27. The number of amides is 5. The van der Waals surface area contributed by atoms with E-state index in [-0.39, 0.29) is 36.3 Å². The first-order valence-electron chi connectivity index (χ1n) is 19.3. The van der Waals surface area contributed by atoms with Crippen molar-refractivity contribution < 1.29 is 33.4 Å². The van der Waals surface area contributed by atoms with Crippen molar-refractivity contribution in [3.63, 3.8) is 0 Å². The molecule has 17 nitrogen and oxygen atoms in total. The van der Waals surface area contributed by atoms with Crippen LogP contribution in [-0.2, 0) is 23.9 Å². The zero-order chi connectivity index (χ0) is 40.1. The lowest BCUT2D eigenvalue weighted by Gasteiger charge is -2.34. The summed E-state index contributed by atoms with van der Waals surface area (Å²) < 4.78 is 9.51. The maximum Gasteiger partial charge on any atom is 0.407 e. The van der Waals surface area contributed by atoms with Gasteiger partial charge in [-0.15, -0.1) is 0 Å². The van der Waals surface area contributed by atoms with Gasteiger partial charge in [0.25, 0.3) is 5.91 Å². The number of nitrogens with one attached hydrogen (secondary N) is 4. The molecule has 2 aromatic carbocycles. The zero-order valence-corrected chi connectivity index (χ0v) is 32.3. The molecule has 3 aliphatic rings. The van der Waals surface area contributed by atoms with Gasteiger partial charge >= 0.3 is 12.2 Å². The molecule has 4 N–H and O–H groups in total. The van der Waals surface area contributed by atoms with E-state index in [2.05, 4.69) is 30.6 Å². The molecule has 17 heteroatoms. The van der Waals surface area contributed by atoms with Crippen molar-refractivity contribution in [2.24, 2.45) is 0 Å². The highest BCUT2D eigenvalue weighted by Crippen LogP contribution is 2.35. The molecule has 0 saturated carbocycles. The molecular weight excluding hydrogens is 733 g/mol. The zero-order valence-electron chi connectivity index (χ0n) is 32.3. The Kier molecular flexibility index (Phi) is 11.7. The van der Waals surface area contributed by atoms with Crippen LogP contribution in [0.5, 0.6) is 0 Å². The Balaban J connectivity index is 0.972. The molecule has 2 aromatic heterocycles. The molecule has 0 bridgehead atoms. The van der Waals surface area contributed by atoms with E-state index < -0.39 is 24.3 Å². The number of ether oxygens (including phenoxy) is 2. The molecule has 7 rings (SSSR count). The van der Waals surface area contributed by atoms with Gasteiger partial charge in [0, 0.05) is 31.9 Å². The van der Waals surface area contributed by atoms with Gasteiger partial charge in [-0.05, 0) is 55.4 Å². The van der Waals surface area contributed by atoms with E-state index in [4.69, 9.17) is 9.47 Å². The number of piperazine rings is 1. The number of carbonyl (C=O) groups excluding carboxylic acids is 5. The molecule has 5 heterocycles. The summed E-state index contributed by atoms with van der Waals surface area (Å²) in [7, 11) is 2.54. The Hall–Kier alpha value is -6.39. The van der Waals surface area contributed by atoms with E-state index in [0.717, 1.165) is 48.3 Å². The fourth-order valence-corrected chi connectivity index (χ4v) is 7.94. The normalized spacial score (nSPS) is 19.3. The molecule has 4 aromatic rings. The quantitative estimate of drug-likeness (QED) is 0.171. The molecule has 5 amide bonds. The van der Waals surface area contributed by atoms with Crippen LogP contribution in [0.25, 0.3) is 11.3 Å². The minimum atomic E-state index is -0.903. The second kappa shape index (κ2) is 17.2. The molecular formula is C40H48N10O7. The van der Waals surface area contributed by atoms with E-state index in [0.29, 0.717) is 49.9 Å². The lowest BCUT2D eigenvalue weighted by molar-refractivity contribution is -0.135. The van der Waals surface area contributed by atoms with Gasteiger partial charge in [-0.25, -0.2) is 19.6 Å². The van der Waals surface area contributed by atoms with Crippen LogP contribution < -0.4 is 20.4 Å². The van der Waals surface area contributed by atoms with Crippen LogP contribution >= 0.6 is 0 Å². The second-order valence-corrected chi connectivity index (χ2v) is 14.3. The monoisotopic (exact) mass is 780 g/mol. The van der Waals surface area contributed by atoms with Crippen LogP contribution in [0.1, 0.15) is 74.2 Å². The molecule has 3 fully saturated rings. The number of H-pyrrole nitrogens is 2. The van der Waals surface area contributed by atoms with Crippen LogP contribution in [0.4, 0.5) is 21.2 Å². The predicted octanol–water partition coefficient (Wildman–Crippen LogP) is 4.21. The van der Waals surface area contributed by atoms with Crippen LogP contribution in [0.2, 0.25) is 0 Å².